The third-order valence-corrected chi connectivity index (χ3v) is 8.81. The Kier molecular flexibility index (Phi) is 3.08. The highest BCUT2D eigenvalue weighted by atomic mass is 16.5. The van der Waals surface area contributed by atoms with Gasteiger partial charge in [-0.15, -0.1) is 0 Å². The maximum atomic E-state index is 13.5. The molecule has 1 saturated carbocycles. The topological polar surface area (TPSA) is 51.2 Å². The number of benzene rings is 1. The monoisotopic (exact) mass is 394 g/mol. The van der Waals surface area contributed by atoms with Crippen molar-refractivity contribution in [1.82, 2.24) is 4.90 Å². The zero-order chi connectivity index (χ0) is 19.5. The number of carbonyl (C=O) groups is 1. The number of rotatable bonds is 2. The Bertz CT molecular complexity index is 974. The SMILES string of the molecule is COc1cc2c(cc1OC)[C@]13CCN4CC5=CCO[C@H]6CC(=O)N2[C@@H]1[C@H]6[C@H]5C[C@H]43. The van der Waals surface area contributed by atoms with E-state index in [-0.39, 0.29) is 23.5 Å². The maximum absolute atomic E-state index is 13.5. The number of hydrogen-bond acceptors (Lipinski definition) is 5. The fourth-order valence-corrected chi connectivity index (χ4v) is 7.87. The predicted octanol–water partition coefficient (Wildman–Crippen LogP) is 2.11. The zero-order valence-corrected chi connectivity index (χ0v) is 16.9. The molecule has 0 aromatic heterocycles. The van der Waals surface area contributed by atoms with Crippen molar-refractivity contribution in [1.29, 1.82) is 0 Å². The van der Waals surface area contributed by atoms with Crippen molar-refractivity contribution in [2.75, 3.05) is 38.8 Å². The summed E-state index contributed by atoms with van der Waals surface area (Å²) in [6.45, 7) is 2.80. The quantitative estimate of drug-likeness (QED) is 0.719. The van der Waals surface area contributed by atoms with Gasteiger partial charge < -0.3 is 19.1 Å². The summed E-state index contributed by atoms with van der Waals surface area (Å²) >= 11 is 0. The van der Waals surface area contributed by atoms with Gasteiger partial charge in [-0.05, 0) is 36.9 Å². The first-order chi connectivity index (χ1) is 14.2. The van der Waals surface area contributed by atoms with Crippen LogP contribution in [-0.2, 0) is 14.9 Å². The lowest BCUT2D eigenvalue weighted by atomic mass is 9.53. The van der Waals surface area contributed by atoms with Crippen LogP contribution in [0.3, 0.4) is 0 Å². The third kappa shape index (κ3) is 1.76. The van der Waals surface area contributed by atoms with Crippen LogP contribution in [0.4, 0.5) is 5.69 Å². The van der Waals surface area contributed by atoms with Gasteiger partial charge in [0.1, 0.15) is 0 Å². The number of carbonyl (C=O) groups excluding carboxylic acids is 1. The van der Waals surface area contributed by atoms with Crippen LogP contribution in [0, 0.1) is 11.8 Å². The van der Waals surface area contributed by atoms with Gasteiger partial charge in [0.15, 0.2) is 11.5 Å². The van der Waals surface area contributed by atoms with Gasteiger partial charge in [-0.2, -0.15) is 0 Å². The van der Waals surface area contributed by atoms with Crippen LogP contribution in [0.5, 0.6) is 11.5 Å². The number of piperidine rings is 2. The van der Waals surface area contributed by atoms with Crippen LogP contribution < -0.4 is 14.4 Å². The third-order valence-electron chi connectivity index (χ3n) is 8.81. The molecule has 0 radical (unpaired) electrons. The molecule has 29 heavy (non-hydrogen) atoms. The standard InChI is InChI=1S/C23H26N2O4/c1-27-16-8-14-15(9-17(16)28-2)25-20(26)10-18-21-13-7-19-23(14,22(21)25)4-5-24(19)11-12(13)3-6-29-18/h3,8-9,13,18-19,21-22H,4-7,10-11H2,1-2H3/t13-,18-,19-,21-,22+,23-/m0/s1. The summed E-state index contributed by atoms with van der Waals surface area (Å²) < 4.78 is 17.6. The fraction of sp³-hybridized carbons (Fsp3) is 0.609. The lowest BCUT2D eigenvalue weighted by molar-refractivity contribution is -0.132. The van der Waals surface area contributed by atoms with E-state index in [0.29, 0.717) is 36.7 Å². The molecule has 6 nitrogen and oxygen atoms in total. The number of anilines is 1. The van der Waals surface area contributed by atoms with Crippen LogP contribution in [-0.4, -0.2) is 62.9 Å². The van der Waals surface area contributed by atoms with Gasteiger partial charge >= 0.3 is 0 Å². The van der Waals surface area contributed by atoms with Crippen molar-refractivity contribution in [2.24, 2.45) is 11.8 Å². The van der Waals surface area contributed by atoms with E-state index in [4.69, 9.17) is 14.2 Å². The number of ether oxygens (including phenoxy) is 3. The molecule has 2 bridgehead atoms. The van der Waals surface area contributed by atoms with Gasteiger partial charge in [0.05, 0.1) is 45.1 Å². The summed E-state index contributed by atoms with van der Waals surface area (Å²) in [5.41, 5.74) is 3.85. The molecule has 0 unspecified atom stereocenters. The van der Waals surface area contributed by atoms with Crippen LogP contribution in [0.25, 0.3) is 0 Å². The maximum Gasteiger partial charge on any atom is 0.229 e. The van der Waals surface area contributed by atoms with Gasteiger partial charge in [-0.25, -0.2) is 0 Å². The molecule has 4 fully saturated rings. The van der Waals surface area contributed by atoms with Crippen LogP contribution in [0.2, 0.25) is 0 Å². The molecule has 1 aliphatic carbocycles. The zero-order valence-electron chi connectivity index (χ0n) is 16.9. The van der Waals surface area contributed by atoms with E-state index in [9.17, 15) is 4.79 Å². The molecule has 1 spiro atoms. The molecule has 3 saturated heterocycles. The van der Waals surface area contributed by atoms with Crippen molar-refractivity contribution in [3.8, 4) is 11.5 Å². The molecule has 1 amide bonds. The second-order valence-electron chi connectivity index (χ2n) is 9.48. The first-order valence-electron chi connectivity index (χ1n) is 10.8. The molecule has 6 heteroatoms. The van der Waals surface area contributed by atoms with Crippen LogP contribution in [0.1, 0.15) is 24.8 Å². The second kappa shape index (κ2) is 5.35. The summed E-state index contributed by atoms with van der Waals surface area (Å²) in [7, 11) is 3.36. The van der Waals surface area contributed by atoms with E-state index in [1.807, 2.05) is 6.07 Å². The molecule has 1 aromatic rings. The Morgan fingerprint density at radius 1 is 1.21 bits per heavy atom. The van der Waals surface area contributed by atoms with Crippen molar-refractivity contribution in [3.63, 3.8) is 0 Å². The number of amides is 1. The van der Waals surface area contributed by atoms with Gasteiger partial charge in [-0.1, -0.05) is 11.6 Å². The lowest BCUT2D eigenvalue weighted by Gasteiger charge is -2.58. The molecule has 5 heterocycles. The van der Waals surface area contributed by atoms with Crippen LogP contribution in [0.15, 0.2) is 23.8 Å². The van der Waals surface area contributed by atoms with E-state index in [1.165, 1.54) is 12.0 Å². The summed E-state index contributed by atoms with van der Waals surface area (Å²) in [6.07, 6.45) is 5.11. The smallest absolute Gasteiger partial charge is 0.229 e. The summed E-state index contributed by atoms with van der Waals surface area (Å²) in [4.78, 5) is 18.3. The van der Waals surface area contributed by atoms with Gasteiger partial charge in [0, 0.05) is 30.0 Å². The Labute approximate surface area is 170 Å². The Morgan fingerprint density at radius 2 is 2.03 bits per heavy atom. The summed E-state index contributed by atoms with van der Waals surface area (Å²) in [5, 5.41) is 0. The minimum atomic E-state index is -0.0242. The molecule has 152 valence electrons. The molecule has 6 atom stereocenters. The van der Waals surface area contributed by atoms with Gasteiger partial charge in [0.25, 0.3) is 0 Å². The normalized spacial score (nSPS) is 41.0. The molecule has 1 aromatic carbocycles. The average molecular weight is 394 g/mol. The Hall–Kier alpha value is -2.05. The minimum absolute atomic E-state index is 0.0242. The summed E-state index contributed by atoms with van der Waals surface area (Å²) in [6, 6.07) is 4.87. The minimum Gasteiger partial charge on any atom is -0.493 e. The molecule has 7 rings (SSSR count). The number of methoxy groups -OCH3 is 2. The van der Waals surface area contributed by atoms with Gasteiger partial charge in [-0.3, -0.25) is 9.69 Å². The molecular weight excluding hydrogens is 368 g/mol. The highest BCUT2D eigenvalue weighted by molar-refractivity contribution is 5.99. The second-order valence-corrected chi connectivity index (χ2v) is 9.48. The number of nitrogens with zero attached hydrogens (tertiary/aromatic N) is 2. The van der Waals surface area contributed by atoms with E-state index in [0.717, 1.165) is 30.9 Å². The van der Waals surface area contributed by atoms with E-state index < -0.39 is 0 Å². The van der Waals surface area contributed by atoms with Crippen molar-refractivity contribution in [3.05, 3.63) is 29.3 Å². The highest BCUT2D eigenvalue weighted by Crippen LogP contribution is 2.66. The Balaban J connectivity index is 1.52. The van der Waals surface area contributed by atoms with E-state index in [2.05, 4.69) is 21.9 Å². The highest BCUT2D eigenvalue weighted by Gasteiger charge is 2.71. The Morgan fingerprint density at radius 3 is 2.86 bits per heavy atom. The summed E-state index contributed by atoms with van der Waals surface area (Å²) in [5.74, 6) is 2.57. The van der Waals surface area contributed by atoms with Crippen molar-refractivity contribution >= 4 is 11.6 Å². The molecule has 5 aliphatic heterocycles. The van der Waals surface area contributed by atoms with E-state index >= 15 is 0 Å². The molecular formula is C23H26N2O4. The fourth-order valence-electron chi connectivity index (χ4n) is 7.87. The van der Waals surface area contributed by atoms with Crippen LogP contribution >= 0.6 is 0 Å². The first-order valence-corrected chi connectivity index (χ1v) is 10.8. The predicted molar refractivity (Wildman–Crippen MR) is 107 cm³/mol. The van der Waals surface area contributed by atoms with Crippen molar-refractivity contribution in [2.45, 2.75) is 42.9 Å². The number of fused-ring (bicyclic) bond motifs is 2. The van der Waals surface area contributed by atoms with E-state index in [1.54, 1.807) is 19.8 Å². The first kappa shape index (κ1) is 16.7. The average Bonchev–Trinajstić information content (AvgIpc) is 3.20. The largest absolute Gasteiger partial charge is 0.493 e. The van der Waals surface area contributed by atoms with Gasteiger partial charge in [0.2, 0.25) is 5.91 Å². The van der Waals surface area contributed by atoms with Crippen molar-refractivity contribution < 1.29 is 19.0 Å². The molecule has 0 N–H and O–H groups in total. The molecule has 6 aliphatic rings. The number of hydrogen-bond donors (Lipinski definition) is 0. The lowest BCUT2D eigenvalue weighted by Crippen LogP contribution is -2.69.